The Morgan fingerprint density at radius 2 is 2.20 bits per heavy atom. The van der Waals surface area contributed by atoms with Crippen LogP contribution in [-0.4, -0.2) is 19.0 Å². The molecule has 0 bridgehead atoms. The van der Waals surface area contributed by atoms with Crippen molar-refractivity contribution < 1.29 is 4.74 Å². The minimum atomic E-state index is 0.713. The van der Waals surface area contributed by atoms with Crippen LogP contribution >= 0.6 is 12.6 Å². The van der Waals surface area contributed by atoms with Crippen molar-refractivity contribution in [2.75, 3.05) is 19.0 Å². The van der Waals surface area contributed by atoms with Gasteiger partial charge in [-0.3, -0.25) is 0 Å². The Morgan fingerprint density at radius 1 is 1.50 bits per heavy atom. The lowest BCUT2D eigenvalue weighted by atomic mass is 10.1. The summed E-state index contributed by atoms with van der Waals surface area (Å²) in [7, 11) is 0. The largest absolute Gasteiger partial charge is 0.380 e. The highest BCUT2D eigenvalue weighted by molar-refractivity contribution is 7.80. The molecular formula is C8H18OS. The number of hydrogen-bond acceptors (Lipinski definition) is 2. The Labute approximate surface area is 69.6 Å². The van der Waals surface area contributed by atoms with Crippen LogP contribution in [0.1, 0.15) is 26.7 Å². The lowest BCUT2D eigenvalue weighted by Gasteiger charge is -2.09. The van der Waals surface area contributed by atoms with Gasteiger partial charge in [0.15, 0.2) is 0 Å². The first-order valence-corrected chi connectivity index (χ1v) is 4.63. The average molecular weight is 162 g/mol. The lowest BCUT2D eigenvalue weighted by molar-refractivity contribution is 0.115. The number of rotatable bonds is 6. The quantitative estimate of drug-likeness (QED) is 0.466. The van der Waals surface area contributed by atoms with Crippen LogP contribution < -0.4 is 0 Å². The highest BCUT2D eigenvalue weighted by atomic mass is 32.1. The van der Waals surface area contributed by atoms with Gasteiger partial charge in [0.05, 0.1) is 6.61 Å². The van der Waals surface area contributed by atoms with E-state index in [1.807, 2.05) is 0 Å². The fourth-order valence-corrected chi connectivity index (χ4v) is 1.05. The van der Waals surface area contributed by atoms with Gasteiger partial charge in [-0.05, 0) is 12.3 Å². The molecule has 1 nitrogen and oxygen atoms in total. The molecule has 0 N–H and O–H groups in total. The smallest absolute Gasteiger partial charge is 0.0554 e. The first-order chi connectivity index (χ1) is 4.81. The van der Waals surface area contributed by atoms with Crippen molar-refractivity contribution in [1.29, 1.82) is 0 Å². The Morgan fingerprint density at radius 3 is 2.70 bits per heavy atom. The molecule has 10 heavy (non-hydrogen) atoms. The normalized spacial score (nSPS) is 13.5. The van der Waals surface area contributed by atoms with Gasteiger partial charge in [-0.25, -0.2) is 0 Å². The van der Waals surface area contributed by atoms with E-state index < -0.39 is 0 Å². The lowest BCUT2D eigenvalue weighted by Crippen LogP contribution is -2.06. The summed E-state index contributed by atoms with van der Waals surface area (Å²) in [6.07, 6.45) is 2.53. The van der Waals surface area contributed by atoms with Crippen LogP contribution in [0.3, 0.4) is 0 Å². The maximum atomic E-state index is 5.32. The molecule has 0 aromatic rings. The summed E-state index contributed by atoms with van der Waals surface area (Å²) in [5, 5.41) is 0. The van der Waals surface area contributed by atoms with Gasteiger partial charge in [0.1, 0.15) is 0 Å². The van der Waals surface area contributed by atoms with E-state index in [0.29, 0.717) is 5.92 Å². The van der Waals surface area contributed by atoms with Crippen molar-refractivity contribution >= 4 is 12.6 Å². The van der Waals surface area contributed by atoms with E-state index in [9.17, 15) is 0 Å². The van der Waals surface area contributed by atoms with Crippen molar-refractivity contribution in [3.05, 3.63) is 0 Å². The van der Waals surface area contributed by atoms with E-state index in [1.165, 1.54) is 12.8 Å². The standard InChI is InChI=1S/C8H18OS/c1-3-4-8(2)7-9-5-6-10/h8,10H,3-7H2,1-2H3. The summed E-state index contributed by atoms with van der Waals surface area (Å²) in [6.45, 7) is 6.11. The molecular weight excluding hydrogens is 144 g/mol. The van der Waals surface area contributed by atoms with E-state index >= 15 is 0 Å². The molecule has 0 heterocycles. The summed E-state index contributed by atoms with van der Waals surface area (Å²) >= 11 is 4.05. The zero-order valence-electron chi connectivity index (χ0n) is 6.97. The van der Waals surface area contributed by atoms with Crippen LogP contribution in [0.2, 0.25) is 0 Å². The van der Waals surface area contributed by atoms with Gasteiger partial charge < -0.3 is 4.74 Å². The molecule has 0 spiro atoms. The monoisotopic (exact) mass is 162 g/mol. The molecule has 2 heteroatoms. The predicted octanol–water partition coefficient (Wildman–Crippen LogP) is 2.37. The predicted molar refractivity (Wildman–Crippen MR) is 48.7 cm³/mol. The molecule has 0 fully saturated rings. The van der Waals surface area contributed by atoms with Crippen LogP contribution in [0.25, 0.3) is 0 Å². The minimum Gasteiger partial charge on any atom is -0.380 e. The molecule has 0 aliphatic heterocycles. The Hall–Kier alpha value is 0.310. The first-order valence-electron chi connectivity index (χ1n) is 3.99. The molecule has 1 unspecified atom stereocenters. The summed E-state index contributed by atoms with van der Waals surface area (Å²) in [5.74, 6) is 1.55. The van der Waals surface area contributed by atoms with Crippen molar-refractivity contribution in [2.45, 2.75) is 26.7 Å². The van der Waals surface area contributed by atoms with Gasteiger partial charge in [0.25, 0.3) is 0 Å². The second-order valence-electron chi connectivity index (χ2n) is 2.69. The minimum absolute atomic E-state index is 0.713. The summed E-state index contributed by atoms with van der Waals surface area (Å²) < 4.78 is 5.32. The molecule has 0 saturated carbocycles. The summed E-state index contributed by atoms with van der Waals surface area (Å²) in [4.78, 5) is 0. The van der Waals surface area contributed by atoms with Gasteiger partial charge >= 0.3 is 0 Å². The van der Waals surface area contributed by atoms with Crippen molar-refractivity contribution in [2.24, 2.45) is 5.92 Å². The third-order valence-corrected chi connectivity index (χ3v) is 1.60. The first kappa shape index (κ1) is 10.3. The summed E-state index contributed by atoms with van der Waals surface area (Å²) in [5.41, 5.74) is 0. The van der Waals surface area contributed by atoms with Crippen LogP contribution in [0, 0.1) is 5.92 Å². The molecule has 1 atom stereocenters. The van der Waals surface area contributed by atoms with E-state index in [2.05, 4.69) is 26.5 Å². The second-order valence-corrected chi connectivity index (χ2v) is 3.14. The molecule has 62 valence electrons. The molecule has 0 aromatic carbocycles. The highest BCUT2D eigenvalue weighted by Gasteiger charge is 1.98. The zero-order chi connectivity index (χ0) is 7.82. The molecule has 0 amide bonds. The number of thiol groups is 1. The average Bonchev–Trinajstić information content (AvgIpc) is 1.89. The number of hydrogen-bond donors (Lipinski definition) is 1. The Bertz CT molecular complexity index is 66.3. The zero-order valence-corrected chi connectivity index (χ0v) is 7.86. The molecule has 0 rings (SSSR count). The SMILES string of the molecule is CCCC(C)COCCS. The van der Waals surface area contributed by atoms with E-state index in [4.69, 9.17) is 4.74 Å². The van der Waals surface area contributed by atoms with Gasteiger partial charge in [0.2, 0.25) is 0 Å². The van der Waals surface area contributed by atoms with Gasteiger partial charge in [-0.1, -0.05) is 20.3 Å². The van der Waals surface area contributed by atoms with Crippen LogP contribution in [-0.2, 0) is 4.74 Å². The fourth-order valence-electron chi connectivity index (χ4n) is 0.925. The van der Waals surface area contributed by atoms with Gasteiger partial charge in [-0.2, -0.15) is 12.6 Å². The van der Waals surface area contributed by atoms with Crippen LogP contribution in [0.15, 0.2) is 0 Å². The Balaban J connectivity index is 2.97. The van der Waals surface area contributed by atoms with Crippen molar-refractivity contribution in [1.82, 2.24) is 0 Å². The molecule has 0 aliphatic carbocycles. The summed E-state index contributed by atoms with van der Waals surface area (Å²) in [6, 6.07) is 0. The second kappa shape index (κ2) is 7.42. The maximum Gasteiger partial charge on any atom is 0.0554 e. The van der Waals surface area contributed by atoms with Gasteiger partial charge in [-0.15, -0.1) is 0 Å². The van der Waals surface area contributed by atoms with Gasteiger partial charge in [0, 0.05) is 12.4 Å². The third kappa shape index (κ3) is 6.43. The number of ether oxygens (including phenoxy) is 1. The van der Waals surface area contributed by atoms with E-state index in [0.717, 1.165) is 19.0 Å². The molecule has 0 aliphatic rings. The fraction of sp³-hybridized carbons (Fsp3) is 1.00. The topological polar surface area (TPSA) is 9.23 Å². The van der Waals surface area contributed by atoms with Crippen molar-refractivity contribution in [3.63, 3.8) is 0 Å². The van der Waals surface area contributed by atoms with E-state index in [-0.39, 0.29) is 0 Å². The van der Waals surface area contributed by atoms with Crippen LogP contribution in [0.5, 0.6) is 0 Å². The maximum absolute atomic E-state index is 5.32. The Kier molecular flexibility index (Phi) is 7.65. The third-order valence-electron chi connectivity index (χ3n) is 1.42. The van der Waals surface area contributed by atoms with Crippen LogP contribution in [0.4, 0.5) is 0 Å². The molecule has 0 aromatic heterocycles. The highest BCUT2D eigenvalue weighted by Crippen LogP contribution is 2.04. The van der Waals surface area contributed by atoms with E-state index in [1.54, 1.807) is 0 Å². The molecule has 0 radical (unpaired) electrons. The van der Waals surface area contributed by atoms with Crippen molar-refractivity contribution in [3.8, 4) is 0 Å². The molecule has 0 saturated heterocycles.